The zero-order valence-corrected chi connectivity index (χ0v) is 10.4. The quantitative estimate of drug-likeness (QED) is 0.825. The van der Waals surface area contributed by atoms with Gasteiger partial charge in [0.2, 0.25) is 0 Å². The van der Waals surface area contributed by atoms with Crippen molar-refractivity contribution in [3.63, 3.8) is 0 Å². The lowest BCUT2D eigenvalue weighted by Gasteiger charge is -2.12. The Hall–Kier alpha value is -1.33. The molecule has 1 rings (SSSR count). The fourth-order valence-electron chi connectivity index (χ4n) is 1.20. The molecule has 0 aliphatic carbocycles. The van der Waals surface area contributed by atoms with Crippen LogP contribution in [-0.4, -0.2) is 28.0 Å². The molecule has 0 saturated heterocycles. The molecule has 0 aliphatic rings. The van der Waals surface area contributed by atoms with E-state index in [9.17, 15) is 9.59 Å². The number of nitrogens with zero attached hydrogens (tertiary/aromatic N) is 1. The van der Waals surface area contributed by atoms with Gasteiger partial charge in [-0.1, -0.05) is 23.2 Å². The number of hydrogen-bond donors (Lipinski definition) is 2. The second kappa shape index (κ2) is 5.84. The van der Waals surface area contributed by atoms with E-state index in [-0.39, 0.29) is 22.2 Å². The van der Waals surface area contributed by atoms with Gasteiger partial charge in [0.1, 0.15) is 5.15 Å². The van der Waals surface area contributed by atoms with Crippen LogP contribution in [0.4, 0.5) is 0 Å². The van der Waals surface area contributed by atoms with Gasteiger partial charge in [0.25, 0.3) is 5.91 Å². The van der Waals surface area contributed by atoms with Gasteiger partial charge in [-0.2, -0.15) is 0 Å². The summed E-state index contributed by atoms with van der Waals surface area (Å²) in [5, 5.41) is 11.4. The molecule has 0 fully saturated rings. The highest BCUT2D eigenvalue weighted by Gasteiger charge is 2.15. The molecule has 0 bridgehead atoms. The van der Waals surface area contributed by atoms with E-state index in [4.69, 9.17) is 28.3 Å². The molecule has 0 aromatic carbocycles. The maximum atomic E-state index is 11.7. The van der Waals surface area contributed by atoms with E-state index in [1.807, 2.05) is 0 Å². The molecular formula is C10H10Cl2N2O3. The number of hydrogen-bond acceptors (Lipinski definition) is 3. The van der Waals surface area contributed by atoms with Crippen molar-refractivity contribution < 1.29 is 14.7 Å². The molecule has 0 spiro atoms. The maximum absolute atomic E-state index is 11.7. The zero-order valence-electron chi connectivity index (χ0n) is 8.91. The summed E-state index contributed by atoms with van der Waals surface area (Å²) in [6.45, 7) is 1.59. The van der Waals surface area contributed by atoms with E-state index in [1.54, 1.807) is 6.92 Å². The Bertz CT molecular complexity index is 451. The SMILES string of the molecule is CC(CC(=O)O)NC(=O)c1cc(Cl)ncc1Cl. The largest absolute Gasteiger partial charge is 0.481 e. The predicted molar refractivity (Wildman–Crippen MR) is 63.4 cm³/mol. The lowest BCUT2D eigenvalue weighted by atomic mass is 10.2. The van der Waals surface area contributed by atoms with Gasteiger partial charge in [-0.15, -0.1) is 0 Å². The Kier molecular flexibility index (Phi) is 4.72. The van der Waals surface area contributed by atoms with Crippen molar-refractivity contribution in [3.8, 4) is 0 Å². The summed E-state index contributed by atoms with van der Waals surface area (Å²) < 4.78 is 0. The van der Waals surface area contributed by atoms with E-state index < -0.39 is 17.9 Å². The van der Waals surface area contributed by atoms with Gasteiger partial charge in [-0.25, -0.2) is 4.98 Å². The van der Waals surface area contributed by atoms with Crippen molar-refractivity contribution in [1.82, 2.24) is 10.3 Å². The van der Waals surface area contributed by atoms with Crippen LogP contribution < -0.4 is 5.32 Å². The lowest BCUT2D eigenvalue weighted by Crippen LogP contribution is -2.34. The molecule has 1 unspecified atom stereocenters. The smallest absolute Gasteiger partial charge is 0.305 e. The number of carboxylic acids is 1. The highest BCUT2D eigenvalue weighted by molar-refractivity contribution is 6.35. The van der Waals surface area contributed by atoms with E-state index in [0.717, 1.165) is 0 Å². The third kappa shape index (κ3) is 4.20. The molecule has 1 aromatic heterocycles. The van der Waals surface area contributed by atoms with E-state index in [2.05, 4.69) is 10.3 Å². The number of aromatic nitrogens is 1. The van der Waals surface area contributed by atoms with E-state index in [1.165, 1.54) is 12.3 Å². The monoisotopic (exact) mass is 276 g/mol. The average molecular weight is 277 g/mol. The van der Waals surface area contributed by atoms with Gasteiger partial charge in [-0.05, 0) is 13.0 Å². The molecule has 0 aliphatic heterocycles. The number of aliphatic carboxylic acids is 1. The van der Waals surface area contributed by atoms with Crippen molar-refractivity contribution in [3.05, 3.63) is 28.0 Å². The third-order valence-corrected chi connectivity index (χ3v) is 2.43. The number of carboxylic acid groups (broad SMARTS) is 1. The van der Waals surface area contributed by atoms with Gasteiger partial charge in [0.05, 0.1) is 17.0 Å². The molecule has 17 heavy (non-hydrogen) atoms. The molecule has 0 radical (unpaired) electrons. The summed E-state index contributed by atoms with van der Waals surface area (Å²) >= 11 is 11.4. The summed E-state index contributed by atoms with van der Waals surface area (Å²) in [4.78, 5) is 25.9. The Balaban J connectivity index is 2.76. The summed E-state index contributed by atoms with van der Waals surface area (Å²) in [6.07, 6.45) is 1.10. The van der Waals surface area contributed by atoms with Crippen LogP contribution in [-0.2, 0) is 4.79 Å². The molecule has 1 amide bonds. The fraction of sp³-hybridized carbons (Fsp3) is 0.300. The topological polar surface area (TPSA) is 79.3 Å². The summed E-state index contributed by atoms with van der Waals surface area (Å²) in [5.74, 6) is -1.47. The van der Waals surface area contributed by atoms with Crippen molar-refractivity contribution in [2.45, 2.75) is 19.4 Å². The molecule has 1 aromatic rings. The minimum absolute atomic E-state index is 0.144. The number of pyridine rings is 1. The first-order chi connectivity index (χ1) is 7.90. The normalized spacial score (nSPS) is 11.9. The number of nitrogens with one attached hydrogen (secondary N) is 1. The minimum atomic E-state index is -0.989. The number of amides is 1. The van der Waals surface area contributed by atoms with Gasteiger partial charge < -0.3 is 10.4 Å². The van der Waals surface area contributed by atoms with Gasteiger partial charge in [-0.3, -0.25) is 9.59 Å². The van der Waals surface area contributed by atoms with Crippen molar-refractivity contribution >= 4 is 35.1 Å². The summed E-state index contributed by atoms with van der Waals surface area (Å²) in [7, 11) is 0. The third-order valence-electron chi connectivity index (χ3n) is 1.92. The van der Waals surface area contributed by atoms with Crippen LogP contribution in [0, 0.1) is 0 Å². The average Bonchev–Trinajstić information content (AvgIpc) is 2.20. The molecule has 2 N–H and O–H groups in total. The summed E-state index contributed by atoms with van der Waals surface area (Å²) in [5.41, 5.74) is 0.170. The molecule has 7 heteroatoms. The predicted octanol–water partition coefficient (Wildman–Crippen LogP) is 1.98. The van der Waals surface area contributed by atoms with Crippen molar-refractivity contribution in [2.24, 2.45) is 0 Å². The van der Waals surface area contributed by atoms with Crippen LogP contribution >= 0.6 is 23.2 Å². The maximum Gasteiger partial charge on any atom is 0.305 e. The first-order valence-corrected chi connectivity index (χ1v) is 5.49. The first-order valence-electron chi connectivity index (χ1n) is 4.74. The van der Waals surface area contributed by atoms with E-state index in [0.29, 0.717) is 0 Å². The lowest BCUT2D eigenvalue weighted by molar-refractivity contribution is -0.137. The first kappa shape index (κ1) is 13.7. The van der Waals surface area contributed by atoms with Crippen LogP contribution in [0.5, 0.6) is 0 Å². The van der Waals surface area contributed by atoms with Crippen LogP contribution in [0.25, 0.3) is 0 Å². The van der Waals surface area contributed by atoms with Gasteiger partial charge in [0, 0.05) is 12.2 Å². The second-order valence-electron chi connectivity index (χ2n) is 3.46. The van der Waals surface area contributed by atoms with Gasteiger partial charge >= 0.3 is 5.97 Å². The minimum Gasteiger partial charge on any atom is -0.481 e. The Morgan fingerprint density at radius 1 is 1.53 bits per heavy atom. The Labute approximate surface area is 108 Å². The van der Waals surface area contributed by atoms with Crippen LogP contribution in [0.2, 0.25) is 10.2 Å². The molecule has 5 nitrogen and oxygen atoms in total. The molecule has 92 valence electrons. The summed E-state index contributed by atoms with van der Waals surface area (Å²) in [6, 6.07) is 0.829. The Morgan fingerprint density at radius 3 is 2.76 bits per heavy atom. The number of carbonyl (C=O) groups is 2. The number of rotatable bonds is 4. The molecule has 1 heterocycles. The van der Waals surface area contributed by atoms with E-state index >= 15 is 0 Å². The zero-order chi connectivity index (χ0) is 13.0. The molecule has 1 atom stereocenters. The van der Waals surface area contributed by atoms with Crippen molar-refractivity contribution in [2.75, 3.05) is 0 Å². The second-order valence-corrected chi connectivity index (χ2v) is 4.25. The fourth-order valence-corrected chi connectivity index (χ4v) is 1.55. The van der Waals surface area contributed by atoms with Crippen LogP contribution in [0.1, 0.15) is 23.7 Å². The highest BCUT2D eigenvalue weighted by Crippen LogP contribution is 2.18. The number of halogens is 2. The van der Waals surface area contributed by atoms with Crippen molar-refractivity contribution in [1.29, 1.82) is 0 Å². The van der Waals surface area contributed by atoms with Crippen LogP contribution in [0.3, 0.4) is 0 Å². The van der Waals surface area contributed by atoms with Crippen LogP contribution in [0.15, 0.2) is 12.3 Å². The molecular weight excluding hydrogens is 267 g/mol. The highest BCUT2D eigenvalue weighted by atomic mass is 35.5. The molecule has 0 saturated carbocycles. The standard InChI is InChI=1S/C10H10Cl2N2O3/c1-5(2-9(15)16)14-10(17)6-3-8(12)13-4-7(6)11/h3-5H,2H2,1H3,(H,14,17)(H,15,16). The number of carbonyl (C=O) groups excluding carboxylic acids is 1. The Morgan fingerprint density at radius 2 is 2.18 bits per heavy atom. The van der Waals surface area contributed by atoms with Gasteiger partial charge in [0.15, 0.2) is 0 Å².